The first-order valence-electron chi connectivity index (χ1n) is 11.3. The Balaban J connectivity index is 1.41. The number of amides is 1. The topological polar surface area (TPSA) is 56.1 Å². The molecule has 0 fully saturated rings. The molecule has 0 radical (unpaired) electrons. The molecule has 7 heteroatoms. The van der Waals surface area contributed by atoms with E-state index in [2.05, 4.69) is 16.0 Å². The molecule has 4 rings (SSSR count). The molecule has 4 aromatic rings. The number of hydrogen-bond donors (Lipinski definition) is 1. The third-order valence-electron chi connectivity index (χ3n) is 5.70. The number of carbonyl (C=O) groups excluding carboxylic acids is 1. The van der Waals surface area contributed by atoms with Gasteiger partial charge in [0.1, 0.15) is 11.6 Å². The zero-order chi connectivity index (χ0) is 24.1. The van der Waals surface area contributed by atoms with Gasteiger partial charge in [0.05, 0.1) is 23.7 Å². The maximum atomic E-state index is 12.7. The van der Waals surface area contributed by atoms with E-state index in [1.807, 2.05) is 50.2 Å². The largest absolute Gasteiger partial charge is 0.494 e. The number of rotatable bonds is 9. The lowest BCUT2D eigenvalue weighted by molar-refractivity contribution is 0.0937. The van der Waals surface area contributed by atoms with Crippen LogP contribution in [0.1, 0.15) is 47.6 Å². The van der Waals surface area contributed by atoms with Crippen LogP contribution in [0.25, 0.3) is 11.0 Å². The minimum Gasteiger partial charge on any atom is -0.494 e. The van der Waals surface area contributed by atoms with Crippen molar-refractivity contribution >= 4 is 40.1 Å². The smallest absolute Gasteiger partial charge is 0.251 e. The van der Waals surface area contributed by atoms with E-state index in [4.69, 9.17) is 32.9 Å². The standard InChI is InChI=1S/C27H27Cl2N3O2/c1-18-17-22(13-14-23(18)29)34-16-6-5-15-32-25-8-4-3-7-24(25)31-26(32)19(2)30-27(33)20-9-11-21(28)12-10-20/h3-4,7-14,17,19H,5-6,15-16H2,1-2H3,(H,30,33). The fraction of sp³-hybridized carbons (Fsp3) is 0.259. The zero-order valence-electron chi connectivity index (χ0n) is 19.2. The van der Waals surface area contributed by atoms with Crippen molar-refractivity contribution in [2.45, 2.75) is 39.3 Å². The van der Waals surface area contributed by atoms with Gasteiger partial charge in [-0.25, -0.2) is 4.98 Å². The number of para-hydroxylation sites is 2. The zero-order valence-corrected chi connectivity index (χ0v) is 20.7. The molecule has 1 unspecified atom stereocenters. The third-order valence-corrected chi connectivity index (χ3v) is 6.38. The fourth-order valence-corrected chi connectivity index (χ4v) is 4.12. The molecule has 1 atom stereocenters. The predicted molar refractivity (Wildman–Crippen MR) is 138 cm³/mol. The first kappa shape index (κ1) is 24.1. The Labute approximate surface area is 209 Å². The summed E-state index contributed by atoms with van der Waals surface area (Å²) in [6, 6.07) is 20.3. The molecular weight excluding hydrogens is 469 g/mol. The molecule has 0 saturated heterocycles. The number of nitrogens with one attached hydrogen (secondary N) is 1. The Bertz CT molecular complexity index is 1290. The van der Waals surface area contributed by atoms with Gasteiger partial charge in [0.2, 0.25) is 0 Å². The number of hydrogen-bond acceptors (Lipinski definition) is 3. The van der Waals surface area contributed by atoms with Crippen molar-refractivity contribution in [2.75, 3.05) is 6.61 Å². The van der Waals surface area contributed by atoms with Gasteiger partial charge in [0, 0.05) is 22.2 Å². The molecule has 0 saturated carbocycles. The number of aryl methyl sites for hydroxylation is 2. The number of halogens is 2. The van der Waals surface area contributed by atoms with Crippen molar-refractivity contribution < 1.29 is 9.53 Å². The molecular formula is C27H27Cl2N3O2. The van der Waals surface area contributed by atoms with Gasteiger partial charge in [0.15, 0.2) is 0 Å². The Morgan fingerprint density at radius 2 is 1.82 bits per heavy atom. The molecule has 1 aromatic heterocycles. The van der Waals surface area contributed by atoms with Crippen molar-refractivity contribution in [3.05, 3.63) is 93.7 Å². The van der Waals surface area contributed by atoms with Crippen LogP contribution in [0.15, 0.2) is 66.7 Å². The third kappa shape index (κ3) is 5.72. The van der Waals surface area contributed by atoms with E-state index in [0.717, 1.165) is 52.6 Å². The van der Waals surface area contributed by atoms with Gasteiger partial charge in [-0.05, 0) is 86.8 Å². The molecule has 1 amide bonds. The number of fused-ring (bicyclic) bond motifs is 1. The number of carbonyl (C=O) groups is 1. The summed E-state index contributed by atoms with van der Waals surface area (Å²) in [5, 5.41) is 4.40. The first-order chi connectivity index (χ1) is 16.4. The van der Waals surface area contributed by atoms with Crippen LogP contribution < -0.4 is 10.1 Å². The van der Waals surface area contributed by atoms with E-state index in [0.29, 0.717) is 17.2 Å². The summed E-state index contributed by atoms with van der Waals surface area (Å²) in [5.41, 5.74) is 3.54. The van der Waals surface area contributed by atoms with Crippen molar-refractivity contribution in [2.24, 2.45) is 0 Å². The van der Waals surface area contributed by atoms with E-state index in [9.17, 15) is 4.79 Å². The first-order valence-corrected chi connectivity index (χ1v) is 12.1. The predicted octanol–water partition coefficient (Wildman–Crippen LogP) is 7.00. The highest BCUT2D eigenvalue weighted by Crippen LogP contribution is 2.23. The SMILES string of the molecule is Cc1cc(OCCCCn2c(C(C)NC(=O)c3ccc(Cl)cc3)nc3ccccc32)ccc1Cl. The van der Waals surface area contributed by atoms with Crippen molar-refractivity contribution in [1.29, 1.82) is 0 Å². The molecule has 0 bridgehead atoms. The second kappa shape index (κ2) is 10.9. The molecule has 3 aromatic carbocycles. The fourth-order valence-electron chi connectivity index (χ4n) is 3.87. The van der Waals surface area contributed by atoms with Crippen LogP contribution >= 0.6 is 23.2 Å². The minimum absolute atomic E-state index is 0.158. The van der Waals surface area contributed by atoms with Crippen LogP contribution in [-0.2, 0) is 6.54 Å². The van der Waals surface area contributed by atoms with Crippen LogP contribution in [-0.4, -0.2) is 22.1 Å². The van der Waals surface area contributed by atoms with E-state index >= 15 is 0 Å². The Morgan fingerprint density at radius 3 is 2.59 bits per heavy atom. The number of imidazole rings is 1. The van der Waals surface area contributed by atoms with Gasteiger partial charge in [-0.1, -0.05) is 35.3 Å². The Hall–Kier alpha value is -3.02. The van der Waals surface area contributed by atoms with E-state index in [1.165, 1.54) is 0 Å². The second-order valence-corrected chi connectivity index (χ2v) is 9.12. The Kier molecular flexibility index (Phi) is 7.76. The average Bonchev–Trinajstić information content (AvgIpc) is 3.20. The molecule has 0 aliphatic carbocycles. The summed E-state index contributed by atoms with van der Waals surface area (Å²) < 4.78 is 8.08. The van der Waals surface area contributed by atoms with Crippen LogP contribution in [0, 0.1) is 6.92 Å². The van der Waals surface area contributed by atoms with Crippen LogP contribution in [0.4, 0.5) is 0 Å². The van der Waals surface area contributed by atoms with Crippen LogP contribution in [0.3, 0.4) is 0 Å². The number of aromatic nitrogens is 2. The molecule has 0 aliphatic rings. The van der Waals surface area contributed by atoms with Gasteiger partial charge in [-0.3, -0.25) is 4.79 Å². The van der Waals surface area contributed by atoms with E-state index in [-0.39, 0.29) is 11.9 Å². The highest BCUT2D eigenvalue weighted by atomic mass is 35.5. The number of ether oxygens (including phenoxy) is 1. The summed E-state index contributed by atoms with van der Waals surface area (Å²) in [6.07, 6.45) is 1.80. The lowest BCUT2D eigenvalue weighted by Crippen LogP contribution is -2.28. The molecule has 1 N–H and O–H groups in total. The monoisotopic (exact) mass is 495 g/mol. The van der Waals surface area contributed by atoms with Gasteiger partial charge in [-0.2, -0.15) is 0 Å². The van der Waals surface area contributed by atoms with Crippen molar-refractivity contribution in [3.63, 3.8) is 0 Å². The van der Waals surface area contributed by atoms with E-state index in [1.54, 1.807) is 24.3 Å². The van der Waals surface area contributed by atoms with E-state index < -0.39 is 0 Å². The maximum absolute atomic E-state index is 12.7. The molecule has 0 spiro atoms. The highest BCUT2D eigenvalue weighted by molar-refractivity contribution is 6.31. The molecule has 5 nitrogen and oxygen atoms in total. The normalized spacial score (nSPS) is 12.0. The summed E-state index contributed by atoms with van der Waals surface area (Å²) in [5.74, 6) is 1.50. The Morgan fingerprint density at radius 1 is 1.06 bits per heavy atom. The summed E-state index contributed by atoms with van der Waals surface area (Å²) in [4.78, 5) is 17.6. The van der Waals surface area contributed by atoms with Crippen LogP contribution in [0.5, 0.6) is 5.75 Å². The van der Waals surface area contributed by atoms with Gasteiger partial charge in [-0.15, -0.1) is 0 Å². The summed E-state index contributed by atoms with van der Waals surface area (Å²) in [7, 11) is 0. The van der Waals surface area contributed by atoms with Crippen molar-refractivity contribution in [1.82, 2.24) is 14.9 Å². The van der Waals surface area contributed by atoms with Crippen molar-refractivity contribution in [3.8, 4) is 5.75 Å². The lowest BCUT2D eigenvalue weighted by atomic mass is 10.2. The minimum atomic E-state index is -0.260. The molecule has 176 valence electrons. The highest BCUT2D eigenvalue weighted by Gasteiger charge is 2.19. The van der Waals surface area contributed by atoms with Crippen LogP contribution in [0.2, 0.25) is 10.0 Å². The average molecular weight is 496 g/mol. The number of unbranched alkanes of at least 4 members (excludes halogenated alkanes) is 1. The van der Waals surface area contributed by atoms with Gasteiger partial charge < -0.3 is 14.6 Å². The van der Waals surface area contributed by atoms with Gasteiger partial charge in [0.25, 0.3) is 5.91 Å². The van der Waals surface area contributed by atoms with Gasteiger partial charge >= 0.3 is 0 Å². The second-order valence-electron chi connectivity index (χ2n) is 8.28. The summed E-state index contributed by atoms with van der Waals surface area (Å²) in [6.45, 7) is 5.32. The molecule has 1 heterocycles. The number of nitrogens with zero attached hydrogens (tertiary/aromatic N) is 2. The molecule has 34 heavy (non-hydrogen) atoms. The molecule has 0 aliphatic heterocycles. The lowest BCUT2D eigenvalue weighted by Gasteiger charge is -2.17. The maximum Gasteiger partial charge on any atom is 0.251 e. The quantitative estimate of drug-likeness (QED) is 0.254. The summed E-state index contributed by atoms with van der Waals surface area (Å²) >= 11 is 12.0. The number of benzene rings is 3.